The summed E-state index contributed by atoms with van der Waals surface area (Å²) in [5.41, 5.74) is 1.32. The van der Waals surface area contributed by atoms with E-state index in [1.807, 2.05) is 36.4 Å². The van der Waals surface area contributed by atoms with Crippen molar-refractivity contribution in [1.82, 2.24) is 20.1 Å². The molecule has 2 aromatic heterocycles. The van der Waals surface area contributed by atoms with Crippen LogP contribution in [0, 0.1) is 5.92 Å². The van der Waals surface area contributed by atoms with Gasteiger partial charge in [-0.25, -0.2) is 4.68 Å². The smallest absolute Gasteiger partial charge is 0.275 e. The van der Waals surface area contributed by atoms with Gasteiger partial charge in [-0.05, 0) is 31.0 Å². The SMILES string of the molecule is O=C(NCc1nn(Cc2ccccn2)c(=O)c2ccccc12)C1CCCC1. The van der Waals surface area contributed by atoms with E-state index in [1.54, 1.807) is 12.3 Å². The van der Waals surface area contributed by atoms with E-state index >= 15 is 0 Å². The van der Waals surface area contributed by atoms with Crippen LogP contribution in [0.2, 0.25) is 0 Å². The molecule has 0 radical (unpaired) electrons. The van der Waals surface area contributed by atoms with E-state index in [1.165, 1.54) is 4.68 Å². The fourth-order valence-electron chi connectivity index (χ4n) is 3.69. The Labute approximate surface area is 157 Å². The molecule has 6 heteroatoms. The number of nitrogens with one attached hydrogen (secondary N) is 1. The van der Waals surface area contributed by atoms with Crippen LogP contribution >= 0.6 is 0 Å². The number of pyridine rings is 1. The molecule has 1 N–H and O–H groups in total. The van der Waals surface area contributed by atoms with Crippen LogP contribution in [-0.4, -0.2) is 20.7 Å². The minimum atomic E-state index is -0.151. The lowest BCUT2D eigenvalue weighted by molar-refractivity contribution is -0.124. The maximum atomic E-state index is 12.8. The third-order valence-electron chi connectivity index (χ3n) is 5.14. The molecule has 0 bridgehead atoms. The van der Waals surface area contributed by atoms with Crippen molar-refractivity contribution >= 4 is 16.7 Å². The third-order valence-corrected chi connectivity index (χ3v) is 5.14. The molecule has 1 saturated carbocycles. The van der Waals surface area contributed by atoms with Crippen LogP contribution in [0.15, 0.2) is 53.5 Å². The van der Waals surface area contributed by atoms with E-state index < -0.39 is 0 Å². The summed E-state index contributed by atoms with van der Waals surface area (Å²) in [6, 6.07) is 13.0. The lowest BCUT2D eigenvalue weighted by Gasteiger charge is -2.13. The summed E-state index contributed by atoms with van der Waals surface area (Å²) in [7, 11) is 0. The van der Waals surface area contributed by atoms with E-state index in [0.717, 1.165) is 36.8 Å². The summed E-state index contributed by atoms with van der Waals surface area (Å²) >= 11 is 0. The highest BCUT2D eigenvalue weighted by Gasteiger charge is 2.22. The van der Waals surface area contributed by atoms with E-state index in [-0.39, 0.29) is 17.4 Å². The Morgan fingerprint density at radius 1 is 1.07 bits per heavy atom. The van der Waals surface area contributed by atoms with Gasteiger partial charge in [0.05, 0.1) is 29.9 Å². The summed E-state index contributed by atoms with van der Waals surface area (Å²) < 4.78 is 1.43. The molecule has 2 heterocycles. The van der Waals surface area contributed by atoms with Crippen LogP contribution in [0.5, 0.6) is 0 Å². The Morgan fingerprint density at radius 2 is 1.81 bits per heavy atom. The predicted molar refractivity (Wildman–Crippen MR) is 103 cm³/mol. The molecule has 1 fully saturated rings. The van der Waals surface area contributed by atoms with Crippen molar-refractivity contribution in [2.24, 2.45) is 5.92 Å². The molecule has 0 saturated heterocycles. The molecule has 1 amide bonds. The van der Waals surface area contributed by atoms with Gasteiger partial charge in [-0.15, -0.1) is 0 Å². The average Bonchev–Trinajstić information content (AvgIpc) is 3.25. The molecule has 0 unspecified atom stereocenters. The largest absolute Gasteiger partial charge is 0.350 e. The fraction of sp³-hybridized carbons (Fsp3) is 0.333. The van der Waals surface area contributed by atoms with Crippen LogP contribution in [-0.2, 0) is 17.9 Å². The van der Waals surface area contributed by atoms with Gasteiger partial charge in [0.2, 0.25) is 5.91 Å². The number of hydrogen-bond donors (Lipinski definition) is 1. The maximum Gasteiger partial charge on any atom is 0.275 e. The Bertz CT molecular complexity index is 1010. The summed E-state index contributed by atoms with van der Waals surface area (Å²) in [5.74, 6) is 0.191. The lowest BCUT2D eigenvalue weighted by Crippen LogP contribution is -2.31. The van der Waals surface area contributed by atoms with Crippen molar-refractivity contribution < 1.29 is 4.79 Å². The highest BCUT2D eigenvalue weighted by Crippen LogP contribution is 2.24. The summed E-state index contributed by atoms with van der Waals surface area (Å²) in [4.78, 5) is 29.5. The molecular formula is C21H22N4O2. The van der Waals surface area contributed by atoms with Gasteiger partial charge in [0.1, 0.15) is 0 Å². The number of amides is 1. The number of aromatic nitrogens is 3. The number of benzene rings is 1. The Kier molecular flexibility index (Phi) is 4.96. The molecule has 3 aromatic rings. The van der Waals surface area contributed by atoms with E-state index in [4.69, 9.17) is 0 Å². The van der Waals surface area contributed by atoms with Gasteiger partial charge in [-0.2, -0.15) is 5.10 Å². The van der Waals surface area contributed by atoms with E-state index in [2.05, 4.69) is 15.4 Å². The van der Waals surface area contributed by atoms with Crippen molar-refractivity contribution in [1.29, 1.82) is 0 Å². The van der Waals surface area contributed by atoms with Crippen molar-refractivity contribution in [3.63, 3.8) is 0 Å². The Morgan fingerprint density at radius 3 is 2.56 bits per heavy atom. The minimum absolute atomic E-state index is 0.0841. The molecule has 27 heavy (non-hydrogen) atoms. The molecule has 0 spiro atoms. The monoisotopic (exact) mass is 362 g/mol. The number of fused-ring (bicyclic) bond motifs is 1. The third kappa shape index (κ3) is 3.74. The molecule has 1 aliphatic carbocycles. The van der Waals surface area contributed by atoms with Crippen LogP contribution in [0.25, 0.3) is 10.8 Å². The number of carbonyl (C=O) groups is 1. The highest BCUT2D eigenvalue weighted by atomic mass is 16.2. The van der Waals surface area contributed by atoms with Crippen LogP contribution in [0.1, 0.15) is 37.1 Å². The van der Waals surface area contributed by atoms with Gasteiger partial charge < -0.3 is 5.32 Å². The van der Waals surface area contributed by atoms with Gasteiger partial charge in [0, 0.05) is 17.5 Å². The number of rotatable bonds is 5. The first-order valence-corrected chi connectivity index (χ1v) is 9.39. The Hall–Kier alpha value is -3.02. The molecule has 0 atom stereocenters. The zero-order valence-corrected chi connectivity index (χ0v) is 15.1. The quantitative estimate of drug-likeness (QED) is 0.757. The van der Waals surface area contributed by atoms with Gasteiger partial charge in [0.15, 0.2) is 0 Å². The van der Waals surface area contributed by atoms with Crippen LogP contribution in [0.3, 0.4) is 0 Å². The van der Waals surface area contributed by atoms with Gasteiger partial charge in [-0.3, -0.25) is 14.6 Å². The van der Waals surface area contributed by atoms with Gasteiger partial charge >= 0.3 is 0 Å². The first-order valence-electron chi connectivity index (χ1n) is 9.39. The predicted octanol–water partition coefficient (Wildman–Crippen LogP) is 2.65. The van der Waals surface area contributed by atoms with Crippen molar-refractivity contribution in [3.05, 3.63) is 70.4 Å². The van der Waals surface area contributed by atoms with Crippen molar-refractivity contribution in [2.45, 2.75) is 38.8 Å². The molecule has 4 rings (SSSR count). The second-order valence-electron chi connectivity index (χ2n) is 6.98. The van der Waals surface area contributed by atoms with Crippen LogP contribution < -0.4 is 10.9 Å². The summed E-state index contributed by atoms with van der Waals surface area (Å²) in [6.07, 6.45) is 5.85. The number of nitrogens with zero attached hydrogens (tertiary/aromatic N) is 3. The fourth-order valence-corrected chi connectivity index (χ4v) is 3.69. The molecule has 138 valence electrons. The first-order chi connectivity index (χ1) is 13.2. The molecule has 1 aromatic carbocycles. The number of carbonyl (C=O) groups excluding carboxylic acids is 1. The zero-order chi connectivity index (χ0) is 18.6. The average molecular weight is 362 g/mol. The van der Waals surface area contributed by atoms with Crippen molar-refractivity contribution in [2.75, 3.05) is 0 Å². The molecule has 0 aliphatic heterocycles. The standard InChI is InChI=1S/C21H22N4O2/c26-20(15-7-1-2-8-15)23-13-19-17-10-3-4-11-18(17)21(27)25(24-19)14-16-9-5-6-12-22-16/h3-6,9-12,15H,1-2,7-8,13-14H2,(H,23,26). The topological polar surface area (TPSA) is 76.9 Å². The van der Waals surface area contributed by atoms with Gasteiger partial charge in [-0.1, -0.05) is 37.1 Å². The molecule has 6 nitrogen and oxygen atoms in total. The Balaban J connectivity index is 1.65. The van der Waals surface area contributed by atoms with E-state index in [9.17, 15) is 9.59 Å². The summed E-state index contributed by atoms with van der Waals surface area (Å²) in [5, 5.41) is 8.94. The van der Waals surface area contributed by atoms with Gasteiger partial charge in [0.25, 0.3) is 5.56 Å². The lowest BCUT2D eigenvalue weighted by atomic mass is 10.1. The maximum absolute atomic E-state index is 12.8. The normalized spacial score (nSPS) is 14.5. The van der Waals surface area contributed by atoms with Crippen LogP contribution in [0.4, 0.5) is 0 Å². The zero-order valence-electron chi connectivity index (χ0n) is 15.1. The van der Waals surface area contributed by atoms with Crippen molar-refractivity contribution in [3.8, 4) is 0 Å². The minimum Gasteiger partial charge on any atom is -0.350 e. The molecular weight excluding hydrogens is 340 g/mol. The number of hydrogen-bond acceptors (Lipinski definition) is 4. The molecule has 1 aliphatic rings. The summed E-state index contributed by atoms with van der Waals surface area (Å²) in [6.45, 7) is 0.617. The second-order valence-corrected chi connectivity index (χ2v) is 6.98. The van der Waals surface area contributed by atoms with E-state index in [0.29, 0.717) is 24.2 Å². The second kappa shape index (κ2) is 7.70. The first kappa shape index (κ1) is 17.4. The highest BCUT2D eigenvalue weighted by molar-refractivity contribution is 5.84.